The van der Waals surface area contributed by atoms with E-state index in [0.717, 1.165) is 5.56 Å². The van der Waals surface area contributed by atoms with Gasteiger partial charge in [-0.25, -0.2) is 9.67 Å². The molecule has 2 aliphatic heterocycles. The number of fused-ring (bicyclic) bond motifs is 2. The highest BCUT2D eigenvalue weighted by Crippen LogP contribution is 2.35. The fraction of sp³-hybridized carbons (Fsp3) is 0.485. The predicted octanol–water partition coefficient (Wildman–Crippen LogP) is 3.81. The quantitative estimate of drug-likeness (QED) is 0.421. The fourth-order valence-electron chi connectivity index (χ4n) is 5.68. The minimum atomic E-state index is -0.712. The Balaban J connectivity index is 1.44. The monoisotopic (exact) mass is 636 g/mol. The van der Waals surface area contributed by atoms with Crippen LogP contribution in [0.3, 0.4) is 0 Å². The van der Waals surface area contributed by atoms with Crippen molar-refractivity contribution in [2.45, 2.75) is 71.5 Å². The molecule has 0 unspecified atom stereocenters. The lowest BCUT2D eigenvalue weighted by atomic mass is 9.97. The van der Waals surface area contributed by atoms with Crippen molar-refractivity contribution in [1.82, 2.24) is 30.3 Å². The van der Waals surface area contributed by atoms with Crippen molar-refractivity contribution >= 4 is 29.3 Å². The van der Waals surface area contributed by atoms with Gasteiger partial charge in [-0.2, -0.15) is 5.10 Å². The molecule has 0 bridgehead atoms. The normalized spacial score (nSPS) is 20.0. The Morgan fingerprint density at radius 3 is 2.53 bits per heavy atom. The second-order valence-corrected chi connectivity index (χ2v) is 12.1. The van der Waals surface area contributed by atoms with E-state index >= 15 is 0 Å². The second kappa shape index (κ2) is 14.8. The van der Waals surface area contributed by atoms with Gasteiger partial charge in [0, 0.05) is 30.6 Å². The first-order chi connectivity index (χ1) is 21.7. The van der Waals surface area contributed by atoms with Crippen LogP contribution in [0.5, 0.6) is 11.5 Å². The SMILES string of the molecule is CC[C@H](C)[C@@H]1NC(=O)CCCN(C(=O)Cc2cc3c(cc2Cl)OCCO3)CCn2nc(C)nc2[C@H](Cc2ccccc2)NC1=O. The van der Waals surface area contributed by atoms with Crippen LogP contribution in [0.4, 0.5) is 0 Å². The summed E-state index contributed by atoms with van der Waals surface area (Å²) in [4.78, 5) is 47.0. The van der Waals surface area contributed by atoms with Crippen LogP contribution < -0.4 is 20.1 Å². The Hall–Kier alpha value is -4.12. The summed E-state index contributed by atoms with van der Waals surface area (Å²) in [5.41, 5.74) is 1.66. The van der Waals surface area contributed by atoms with Crippen molar-refractivity contribution in [2.24, 2.45) is 5.92 Å². The summed E-state index contributed by atoms with van der Waals surface area (Å²) < 4.78 is 13.1. The number of nitrogens with one attached hydrogen (secondary N) is 2. The molecule has 3 atom stereocenters. The lowest BCUT2D eigenvalue weighted by molar-refractivity contribution is -0.132. The van der Waals surface area contributed by atoms with Crippen LogP contribution in [0.1, 0.15) is 61.9 Å². The molecule has 5 rings (SSSR count). The summed E-state index contributed by atoms with van der Waals surface area (Å²) in [6.07, 6.45) is 1.86. The number of carbonyl (C=O) groups excluding carboxylic acids is 3. The van der Waals surface area contributed by atoms with Crippen LogP contribution in [0.15, 0.2) is 42.5 Å². The number of hydrogen-bond donors (Lipinski definition) is 2. The molecular formula is C33H41ClN6O5. The Labute approximate surface area is 268 Å². The number of nitrogens with zero attached hydrogens (tertiary/aromatic N) is 4. The molecule has 2 aliphatic rings. The van der Waals surface area contributed by atoms with E-state index in [1.807, 2.05) is 51.1 Å². The minimum absolute atomic E-state index is 0.0632. The van der Waals surface area contributed by atoms with Crippen LogP contribution in [0, 0.1) is 12.8 Å². The number of aryl methyl sites for hydroxylation is 1. The topological polar surface area (TPSA) is 128 Å². The van der Waals surface area contributed by atoms with Gasteiger partial charge < -0.3 is 25.0 Å². The molecule has 2 N–H and O–H groups in total. The van der Waals surface area contributed by atoms with E-state index in [4.69, 9.17) is 26.1 Å². The van der Waals surface area contributed by atoms with E-state index in [-0.39, 0.29) is 36.5 Å². The van der Waals surface area contributed by atoms with E-state index in [1.165, 1.54) is 0 Å². The van der Waals surface area contributed by atoms with Crippen molar-refractivity contribution in [1.29, 1.82) is 0 Å². The molecule has 1 aromatic heterocycles. The highest BCUT2D eigenvalue weighted by atomic mass is 35.5. The van der Waals surface area contributed by atoms with Crippen LogP contribution in [-0.4, -0.2) is 69.7 Å². The van der Waals surface area contributed by atoms with Gasteiger partial charge in [0.1, 0.15) is 30.9 Å². The van der Waals surface area contributed by atoms with Crippen molar-refractivity contribution in [3.8, 4) is 11.5 Å². The van der Waals surface area contributed by atoms with Gasteiger partial charge in [-0.3, -0.25) is 14.4 Å². The maximum atomic E-state index is 13.7. The van der Waals surface area contributed by atoms with Gasteiger partial charge in [-0.15, -0.1) is 0 Å². The molecule has 3 amide bonds. The smallest absolute Gasteiger partial charge is 0.243 e. The molecule has 45 heavy (non-hydrogen) atoms. The van der Waals surface area contributed by atoms with Gasteiger partial charge in [0.05, 0.1) is 19.0 Å². The van der Waals surface area contributed by atoms with Crippen molar-refractivity contribution in [3.63, 3.8) is 0 Å². The van der Waals surface area contributed by atoms with Crippen LogP contribution in [-0.2, 0) is 33.8 Å². The largest absolute Gasteiger partial charge is 0.486 e. The number of halogens is 1. The minimum Gasteiger partial charge on any atom is -0.486 e. The van der Waals surface area contributed by atoms with E-state index in [9.17, 15) is 14.4 Å². The lowest BCUT2D eigenvalue weighted by Gasteiger charge is -2.28. The molecule has 240 valence electrons. The molecule has 0 saturated carbocycles. The van der Waals surface area contributed by atoms with Crippen LogP contribution in [0.2, 0.25) is 5.02 Å². The van der Waals surface area contributed by atoms with Gasteiger partial charge in [0.15, 0.2) is 11.5 Å². The molecule has 2 aromatic carbocycles. The highest BCUT2D eigenvalue weighted by molar-refractivity contribution is 6.31. The summed E-state index contributed by atoms with van der Waals surface area (Å²) in [6, 6.07) is 12.1. The van der Waals surface area contributed by atoms with Crippen LogP contribution >= 0.6 is 11.6 Å². The van der Waals surface area contributed by atoms with Crippen molar-refractivity contribution in [2.75, 3.05) is 26.3 Å². The molecule has 0 radical (unpaired) electrons. The van der Waals surface area contributed by atoms with E-state index in [2.05, 4.69) is 15.7 Å². The first kappa shape index (κ1) is 32.3. The standard InChI is InChI=1S/C33H41ClN6O5/c1-4-21(2)31-33(43)36-26(17-23-9-6-5-7-10-23)32-35-22(3)38-40(32)14-13-39(12-8-11-29(41)37-31)30(42)19-24-18-27-28(20-25(24)34)45-16-15-44-27/h5-7,9-10,18,20-21,26,31H,4,8,11-17,19H2,1-3H3,(H,36,43)(H,37,41)/t21-,26-,31-/m0/s1. The molecule has 0 fully saturated rings. The highest BCUT2D eigenvalue weighted by Gasteiger charge is 2.31. The number of aromatic nitrogens is 3. The van der Waals surface area contributed by atoms with Gasteiger partial charge >= 0.3 is 0 Å². The first-order valence-electron chi connectivity index (χ1n) is 15.6. The predicted molar refractivity (Wildman–Crippen MR) is 169 cm³/mol. The zero-order valence-electron chi connectivity index (χ0n) is 26.1. The Bertz CT molecular complexity index is 1510. The summed E-state index contributed by atoms with van der Waals surface area (Å²) in [5.74, 6) is 1.58. The molecule has 3 aromatic rings. The number of carbonyl (C=O) groups is 3. The molecule has 12 heteroatoms. The Morgan fingerprint density at radius 1 is 1.07 bits per heavy atom. The summed E-state index contributed by atoms with van der Waals surface area (Å²) in [6.45, 7) is 7.68. The van der Waals surface area contributed by atoms with Crippen molar-refractivity contribution in [3.05, 3.63) is 70.3 Å². The van der Waals surface area contributed by atoms with Gasteiger partial charge in [-0.05, 0) is 42.9 Å². The number of rotatable bonds is 6. The average Bonchev–Trinajstić information content (AvgIpc) is 3.41. The number of ether oxygens (including phenoxy) is 2. The van der Waals surface area contributed by atoms with E-state index in [1.54, 1.807) is 21.7 Å². The molecule has 11 nitrogen and oxygen atoms in total. The third kappa shape index (κ3) is 8.13. The van der Waals surface area contributed by atoms with Gasteiger partial charge in [0.25, 0.3) is 0 Å². The molecule has 0 saturated heterocycles. The molecule has 0 aliphatic carbocycles. The third-order valence-electron chi connectivity index (χ3n) is 8.35. The van der Waals surface area contributed by atoms with Crippen molar-refractivity contribution < 1.29 is 23.9 Å². The maximum absolute atomic E-state index is 13.7. The number of amides is 3. The Morgan fingerprint density at radius 2 is 1.80 bits per heavy atom. The van der Waals surface area contributed by atoms with Gasteiger partial charge in [0.2, 0.25) is 17.7 Å². The zero-order chi connectivity index (χ0) is 31.9. The molecule has 0 spiro atoms. The summed E-state index contributed by atoms with van der Waals surface area (Å²) in [5, 5.41) is 11.2. The average molecular weight is 637 g/mol. The maximum Gasteiger partial charge on any atom is 0.243 e. The van der Waals surface area contributed by atoms with E-state index < -0.39 is 12.1 Å². The second-order valence-electron chi connectivity index (χ2n) is 11.7. The van der Waals surface area contributed by atoms with E-state index in [0.29, 0.717) is 85.8 Å². The van der Waals surface area contributed by atoms with Crippen LogP contribution in [0.25, 0.3) is 0 Å². The molecular weight excluding hydrogens is 596 g/mol. The first-order valence-corrected chi connectivity index (χ1v) is 16.0. The third-order valence-corrected chi connectivity index (χ3v) is 8.70. The summed E-state index contributed by atoms with van der Waals surface area (Å²) in [7, 11) is 0. The zero-order valence-corrected chi connectivity index (χ0v) is 26.8. The number of benzene rings is 2. The molecule has 3 heterocycles. The lowest BCUT2D eigenvalue weighted by Crippen LogP contribution is -2.51. The van der Waals surface area contributed by atoms with Gasteiger partial charge in [-0.1, -0.05) is 62.2 Å². The fourth-order valence-corrected chi connectivity index (χ4v) is 5.90. The Kier molecular flexibility index (Phi) is 10.6. The summed E-state index contributed by atoms with van der Waals surface area (Å²) >= 11 is 6.54. The number of hydrogen-bond acceptors (Lipinski definition) is 7.